The number of carbonyl (C=O) groups excluding carboxylic acids is 3. The Morgan fingerprint density at radius 2 is 1.58 bits per heavy atom. The van der Waals surface area contributed by atoms with E-state index in [-0.39, 0.29) is 5.91 Å². The van der Waals surface area contributed by atoms with E-state index in [9.17, 15) is 14.4 Å². The summed E-state index contributed by atoms with van der Waals surface area (Å²) in [5.74, 6) is 0.153. The molecule has 9 nitrogen and oxygen atoms in total. The minimum atomic E-state index is -0.411. The maximum absolute atomic E-state index is 13.0. The number of carbonyl (C=O) groups is 3. The second-order valence-corrected chi connectivity index (χ2v) is 8.57. The summed E-state index contributed by atoms with van der Waals surface area (Å²) in [7, 11) is 0. The van der Waals surface area contributed by atoms with Gasteiger partial charge in [-0.3, -0.25) is 19.1 Å². The van der Waals surface area contributed by atoms with Crippen LogP contribution in [-0.2, 0) is 6.54 Å². The van der Waals surface area contributed by atoms with Crippen molar-refractivity contribution in [3.63, 3.8) is 0 Å². The first-order valence-corrected chi connectivity index (χ1v) is 12.3. The van der Waals surface area contributed by atoms with Gasteiger partial charge in [-0.2, -0.15) is 5.10 Å². The maximum Gasteiger partial charge on any atom is 0.266 e. The largest absolute Gasteiger partial charge is 0.490 e. The third-order valence-electron chi connectivity index (χ3n) is 6.00. The van der Waals surface area contributed by atoms with Crippen LogP contribution in [0.4, 0.5) is 11.4 Å². The van der Waals surface area contributed by atoms with Gasteiger partial charge >= 0.3 is 0 Å². The predicted molar refractivity (Wildman–Crippen MR) is 142 cm³/mol. The number of hydrogen-bond acceptors (Lipinski definition) is 6. The van der Waals surface area contributed by atoms with Crippen LogP contribution in [0, 0.1) is 0 Å². The van der Waals surface area contributed by atoms with Crippen LogP contribution in [0.2, 0.25) is 0 Å². The first kappa shape index (κ1) is 24.8. The molecule has 0 aliphatic carbocycles. The van der Waals surface area contributed by atoms with Crippen molar-refractivity contribution in [1.29, 1.82) is 0 Å². The van der Waals surface area contributed by atoms with Gasteiger partial charge in [-0.15, -0.1) is 0 Å². The molecule has 9 heteroatoms. The quantitative estimate of drug-likeness (QED) is 0.325. The highest BCUT2D eigenvalue weighted by atomic mass is 16.5. The van der Waals surface area contributed by atoms with Crippen molar-refractivity contribution in [2.45, 2.75) is 20.4 Å². The van der Waals surface area contributed by atoms with Crippen molar-refractivity contribution in [1.82, 2.24) is 9.78 Å². The molecule has 3 amide bonds. The number of aromatic nitrogens is 2. The first-order valence-electron chi connectivity index (χ1n) is 12.3. The molecule has 2 heterocycles. The Balaban J connectivity index is 1.28. The number of amides is 3. The second-order valence-electron chi connectivity index (χ2n) is 8.57. The zero-order valence-corrected chi connectivity index (χ0v) is 21.0. The normalized spacial score (nSPS) is 12.4. The molecule has 1 N–H and O–H groups in total. The number of fused-ring (bicyclic) bond motifs is 1. The van der Waals surface area contributed by atoms with E-state index in [1.54, 1.807) is 59.5 Å². The number of nitrogens with one attached hydrogen (secondary N) is 1. The van der Waals surface area contributed by atoms with Crippen LogP contribution < -0.4 is 19.7 Å². The average Bonchev–Trinajstić information content (AvgIpc) is 3.47. The molecule has 0 radical (unpaired) electrons. The number of anilines is 2. The molecule has 0 unspecified atom stereocenters. The van der Waals surface area contributed by atoms with Crippen LogP contribution in [0.1, 0.15) is 50.5 Å². The molecule has 3 aromatic carbocycles. The lowest BCUT2D eigenvalue weighted by molar-refractivity contribution is 0.0924. The molecule has 1 aromatic heterocycles. The highest BCUT2D eigenvalue weighted by molar-refractivity contribution is 6.34. The van der Waals surface area contributed by atoms with Gasteiger partial charge in [0, 0.05) is 11.8 Å². The van der Waals surface area contributed by atoms with Crippen LogP contribution in [0.5, 0.6) is 11.5 Å². The first-order chi connectivity index (χ1) is 18.5. The zero-order chi connectivity index (χ0) is 26.6. The SMILES string of the molecule is CCOc1ccc(Cn2cc(NC(=O)c3cccc(N4C(=O)c5ccccc5C4=O)c3)cn2)cc1OCC. The smallest absolute Gasteiger partial charge is 0.266 e. The van der Waals surface area contributed by atoms with Crippen LogP contribution in [0.25, 0.3) is 0 Å². The Morgan fingerprint density at radius 3 is 2.29 bits per heavy atom. The number of imide groups is 1. The summed E-state index contributed by atoms with van der Waals surface area (Å²) in [6.45, 7) is 5.38. The highest BCUT2D eigenvalue weighted by Gasteiger charge is 2.36. The Labute approximate surface area is 219 Å². The summed E-state index contributed by atoms with van der Waals surface area (Å²) in [4.78, 5) is 39.7. The highest BCUT2D eigenvalue weighted by Crippen LogP contribution is 2.30. The molecule has 0 bridgehead atoms. The van der Waals surface area contributed by atoms with Gasteiger partial charge in [-0.05, 0) is 61.9 Å². The summed E-state index contributed by atoms with van der Waals surface area (Å²) in [5.41, 5.74) is 2.81. The van der Waals surface area contributed by atoms with E-state index in [4.69, 9.17) is 9.47 Å². The van der Waals surface area contributed by atoms with Crippen molar-refractivity contribution in [3.05, 3.63) is 101 Å². The fourth-order valence-electron chi connectivity index (χ4n) is 4.31. The molecule has 5 rings (SSSR count). The van der Waals surface area contributed by atoms with Gasteiger partial charge in [-0.1, -0.05) is 24.3 Å². The standard InChI is InChI=1S/C29H26N4O5/c1-3-37-25-13-12-19(14-26(25)38-4-2)17-32-18-21(16-30-32)31-27(34)20-8-7-9-22(15-20)33-28(35)23-10-5-6-11-24(23)29(33)36/h5-16,18H,3-4,17H2,1-2H3,(H,31,34). The predicted octanol–water partition coefficient (Wildman–Crippen LogP) is 4.78. The van der Waals surface area contributed by atoms with E-state index < -0.39 is 11.8 Å². The Morgan fingerprint density at radius 1 is 0.868 bits per heavy atom. The number of nitrogens with zero attached hydrogens (tertiary/aromatic N) is 3. The Bertz CT molecular complexity index is 1490. The molecule has 0 saturated heterocycles. The van der Waals surface area contributed by atoms with Gasteiger partial charge in [-0.25, -0.2) is 4.90 Å². The number of hydrogen-bond donors (Lipinski definition) is 1. The monoisotopic (exact) mass is 510 g/mol. The molecule has 0 saturated carbocycles. The Kier molecular flexibility index (Phi) is 6.90. The minimum absolute atomic E-state index is 0.305. The molecule has 1 aliphatic rings. The molecule has 1 aliphatic heterocycles. The fourth-order valence-corrected chi connectivity index (χ4v) is 4.31. The lowest BCUT2D eigenvalue weighted by Gasteiger charge is -2.15. The van der Waals surface area contributed by atoms with Crippen molar-refractivity contribution in [2.24, 2.45) is 0 Å². The lowest BCUT2D eigenvalue weighted by atomic mass is 10.1. The van der Waals surface area contributed by atoms with Crippen LogP contribution >= 0.6 is 0 Å². The molecule has 192 valence electrons. The zero-order valence-electron chi connectivity index (χ0n) is 21.0. The van der Waals surface area contributed by atoms with Crippen LogP contribution in [-0.4, -0.2) is 40.7 Å². The molecular weight excluding hydrogens is 484 g/mol. The summed E-state index contributed by atoms with van der Waals surface area (Å²) in [6.07, 6.45) is 3.28. The van der Waals surface area contributed by atoms with Gasteiger partial charge in [0.2, 0.25) is 0 Å². The van der Waals surface area contributed by atoms with E-state index >= 15 is 0 Å². The summed E-state index contributed by atoms with van der Waals surface area (Å²) in [6, 6.07) is 18.8. The van der Waals surface area contributed by atoms with Gasteiger partial charge in [0.25, 0.3) is 17.7 Å². The Hall–Kier alpha value is -4.92. The lowest BCUT2D eigenvalue weighted by Crippen LogP contribution is -2.29. The molecule has 0 spiro atoms. The van der Waals surface area contributed by atoms with Crippen molar-refractivity contribution in [2.75, 3.05) is 23.4 Å². The molecule has 38 heavy (non-hydrogen) atoms. The average molecular weight is 511 g/mol. The third kappa shape index (κ3) is 4.86. The third-order valence-corrected chi connectivity index (χ3v) is 6.00. The maximum atomic E-state index is 13.0. The summed E-state index contributed by atoms with van der Waals surface area (Å²) < 4.78 is 13.0. The van der Waals surface area contributed by atoms with Gasteiger partial charge < -0.3 is 14.8 Å². The van der Waals surface area contributed by atoms with E-state index in [1.165, 1.54) is 6.07 Å². The van der Waals surface area contributed by atoms with E-state index in [1.807, 2.05) is 32.0 Å². The summed E-state index contributed by atoms with van der Waals surface area (Å²) in [5, 5.41) is 7.17. The molecule has 4 aromatic rings. The van der Waals surface area contributed by atoms with E-state index in [0.29, 0.717) is 59.3 Å². The molecule has 0 fully saturated rings. The molecular formula is C29H26N4O5. The summed E-state index contributed by atoms with van der Waals surface area (Å²) >= 11 is 0. The van der Waals surface area contributed by atoms with E-state index in [0.717, 1.165) is 10.5 Å². The van der Waals surface area contributed by atoms with Gasteiger partial charge in [0.15, 0.2) is 11.5 Å². The van der Waals surface area contributed by atoms with Gasteiger partial charge in [0.1, 0.15) is 0 Å². The number of rotatable bonds is 9. The van der Waals surface area contributed by atoms with Gasteiger partial charge in [0.05, 0.1) is 48.5 Å². The number of benzene rings is 3. The van der Waals surface area contributed by atoms with Crippen LogP contribution in [0.15, 0.2) is 79.1 Å². The van der Waals surface area contributed by atoms with Crippen molar-refractivity contribution < 1.29 is 23.9 Å². The van der Waals surface area contributed by atoms with E-state index in [2.05, 4.69) is 10.4 Å². The topological polar surface area (TPSA) is 103 Å². The fraction of sp³-hybridized carbons (Fsp3) is 0.172. The minimum Gasteiger partial charge on any atom is -0.490 e. The van der Waals surface area contributed by atoms with Crippen molar-refractivity contribution in [3.8, 4) is 11.5 Å². The number of ether oxygens (including phenoxy) is 2. The van der Waals surface area contributed by atoms with Crippen molar-refractivity contribution >= 4 is 29.1 Å². The van der Waals surface area contributed by atoms with Crippen LogP contribution in [0.3, 0.4) is 0 Å². The second kappa shape index (κ2) is 10.6. The molecule has 0 atom stereocenters.